The Labute approximate surface area is 109 Å². The van der Waals surface area contributed by atoms with Gasteiger partial charge in [-0.15, -0.1) is 0 Å². The number of aromatic nitrogens is 1. The van der Waals surface area contributed by atoms with Crippen molar-refractivity contribution < 1.29 is 4.79 Å². The molecule has 0 saturated carbocycles. The number of carbonyl (C=O) groups is 1. The van der Waals surface area contributed by atoms with Gasteiger partial charge in [-0.2, -0.15) is 0 Å². The molecule has 1 amide bonds. The predicted octanol–water partition coefficient (Wildman–Crippen LogP) is 3.10. The quantitative estimate of drug-likeness (QED) is 0.765. The van der Waals surface area contributed by atoms with E-state index in [1.165, 1.54) is 0 Å². The van der Waals surface area contributed by atoms with Crippen LogP contribution in [0.25, 0.3) is 0 Å². The number of likely N-dealkylation sites (tertiary alicyclic amines) is 1. The Kier molecular flexibility index (Phi) is 4.13. The number of pyridine rings is 1. The number of hydrogen-bond acceptors (Lipinski definition) is 2. The van der Waals surface area contributed by atoms with Gasteiger partial charge in [0.25, 0.3) is 0 Å². The van der Waals surface area contributed by atoms with Gasteiger partial charge in [-0.25, -0.2) is 0 Å². The van der Waals surface area contributed by atoms with Crippen LogP contribution in [0.1, 0.15) is 44.7 Å². The lowest BCUT2D eigenvalue weighted by atomic mass is 10.1. The molecular formula is C15H20N2O. The lowest BCUT2D eigenvalue weighted by Gasteiger charge is -2.25. The SMILES string of the molecule is CC/C=C(/C)C(=O)N1CCC[C@H]1c1cccnc1. The Morgan fingerprint density at radius 1 is 1.61 bits per heavy atom. The van der Waals surface area contributed by atoms with E-state index in [4.69, 9.17) is 0 Å². The first-order valence-electron chi connectivity index (χ1n) is 6.61. The summed E-state index contributed by atoms with van der Waals surface area (Å²) in [5.41, 5.74) is 2.00. The second-order valence-electron chi connectivity index (χ2n) is 4.74. The molecule has 2 rings (SSSR count). The molecule has 0 aromatic carbocycles. The van der Waals surface area contributed by atoms with Crippen molar-refractivity contribution in [3.63, 3.8) is 0 Å². The molecule has 1 atom stereocenters. The minimum absolute atomic E-state index is 0.170. The predicted molar refractivity (Wildman–Crippen MR) is 72.0 cm³/mol. The van der Waals surface area contributed by atoms with E-state index in [1.54, 1.807) is 6.20 Å². The van der Waals surface area contributed by atoms with E-state index in [9.17, 15) is 4.79 Å². The largest absolute Gasteiger partial charge is 0.332 e. The first kappa shape index (κ1) is 12.8. The van der Waals surface area contributed by atoms with Crippen molar-refractivity contribution in [3.8, 4) is 0 Å². The van der Waals surface area contributed by atoms with E-state index in [1.807, 2.05) is 30.2 Å². The normalized spacial score (nSPS) is 20.2. The minimum atomic E-state index is 0.170. The molecular weight excluding hydrogens is 224 g/mol. The third kappa shape index (κ3) is 2.61. The molecule has 0 unspecified atom stereocenters. The average molecular weight is 244 g/mol. The molecule has 0 radical (unpaired) electrons. The summed E-state index contributed by atoms with van der Waals surface area (Å²) in [5, 5.41) is 0. The summed E-state index contributed by atoms with van der Waals surface area (Å²) in [6, 6.07) is 4.19. The average Bonchev–Trinajstić information content (AvgIpc) is 2.88. The molecule has 0 aliphatic carbocycles. The fourth-order valence-corrected chi connectivity index (χ4v) is 2.55. The van der Waals surface area contributed by atoms with Gasteiger partial charge in [0.05, 0.1) is 6.04 Å². The molecule has 3 nitrogen and oxygen atoms in total. The van der Waals surface area contributed by atoms with Gasteiger partial charge >= 0.3 is 0 Å². The topological polar surface area (TPSA) is 33.2 Å². The molecule has 0 bridgehead atoms. The molecule has 2 heterocycles. The first-order chi connectivity index (χ1) is 8.74. The van der Waals surface area contributed by atoms with Gasteiger partial charge in [0, 0.05) is 24.5 Å². The lowest BCUT2D eigenvalue weighted by Crippen LogP contribution is -2.31. The van der Waals surface area contributed by atoms with Crippen LogP contribution < -0.4 is 0 Å². The molecule has 3 heteroatoms. The summed E-state index contributed by atoms with van der Waals surface area (Å²) in [7, 11) is 0. The van der Waals surface area contributed by atoms with Crippen LogP contribution >= 0.6 is 0 Å². The molecule has 0 N–H and O–H groups in total. The number of carbonyl (C=O) groups excluding carboxylic acids is 1. The van der Waals surface area contributed by atoms with Gasteiger partial charge in [0.15, 0.2) is 0 Å². The van der Waals surface area contributed by atoms with Crippen molar-refractivity contribution in [2.45, 2.75) is 39.2 Å². The van der Waals surface area contributed by atoms with Crippen molar-refractivity contribution in [2.75, 3.05) is 6.54 Å². The van der Waals surface area contributed by atoms with E-state index >= 15 is 0 Å². The number of amides is 1. The maximum Gasteiger partial charge on any atom is 0.249 e. The van der Waals surface area contributed by atoms with Crippen LogP contribution in [0, 0.1) is 0 Å². The maximum absolute atomic E-state index is 12.4. The molecule has 1 fully saturated rings. The second-order valence-corrected chi connectivity index (χ2v) is 4.74. The fourth-order valence-electron chi connectivity index (χ4n) is 2.55. The lowest BCUT2D eigenvalue weighted by molar-refractivity contribution is -0.128. The summed E-state index contributed by atoms with van der Waals surface area (Å²) in [4.78, 5) is 18.5. The Morgan fingerprint density at radius 3 is 3.11 bits per heavy atom. The number of allylic oxidation sites excluding steroid dienone is 1. The summed E-state index contributed by atoms with van der Waals surface area (Å²) < 4.78 is 0. The molecule has 1 aromatic heterocycles. The zero-order chi connectivity index (χ0) is 13.0. The van der Waals surface area contributed by atoms with Gasteiger partial charge < -0.3 is 4.90 Å². The molecule has 1 aliphatic rings. The van der Waals surface area contributed by atoms with Gasteiger partial charge in [-0.1, -0.05) is 19.1 Å². The van der Waals surface area contributed by atoms with Crippen molar-refractivity contribution in [1.29, 1.82) is 0 Å². The monoisotopic (exact) mass is 244 g/mol. The van der Waals surface area contributed by atoms with E-state index in [2.05, 4.69) is 18.0 Å². The maximum atomic E-state index is 12.4. The van der Waals surface area contributed by atoms with Crippen LogP contribution in [-0.4, -0.2) is 22.3 Å². The summed E-state index contributed by atoms with van der Waals surface area (Å²) in [5.74, 6) is 0.170. The molecule has 96 valence electrons. The van der Waals surface area contributed by atoms with E-state index < -0.39 is 0 Å². The Bertz CT molecular complexity index is 439. The highest BCUT2D eigenvalue weighted by Crippen LogP contribution is 2.32. The highest BCUT2D eigenvalue weighted by molar-refractivity contribution is 5.93. The van der Waals surface area contributed by atoms with Crippen LogP contribution in [-0.2, 0) is 4.79 Å². The number of nitrogens with zero attached hydrogens (tertiary/aromatic N) is 2. The molecule has 0 spiro atoms. The summed E-state index contributed by atoms with van der Waals surface area (Å²) in [6.45, 7) is 4.82. The molecule has 18 heavy (non-hydrogen) atoms. The zero-order valence-electron chi connectivity index (χ0n) is 11.1. The highest BCUT2D eigenvalue weighted by Gasteiger charge is 2.30. The zero-order valence-corrected chi connectivity index (χ0v) is 11.1. The molecule has 1 saturated heterocycles. The van der Waals surface area contributed by atoms with E-state index in [0.717, 1.165) is 36.9 Å². The Hall–Kier alpha value is -1.64. The van der Waals surface area contributed by atoms with Crippen LogP contribution in [0.5, 0.6) is 0 Å². The third-order valence-corrected chi connectivity index (χ3v) is 3.43. The van der Waals surface area contributed by atoms with Crippen molar-refractivity contribution in [1.82, 2.24) is 9.88 Å². The number of hydrogen-bond donors (Lipinski definition) is 0. The van der Waals surface area contributed by atoms with Gasteiger partial charge in [-0.05, 0) is 37.8 Å². The Morgan fingerprint density at radius 2 is 2.44 bits per heavy atom. The smallest absolute Gasteiger partial charge is 0.249 e. The minimum Gasteiger partial charge on any atom is -0.332 e. The van der Waals surface area contributed by atoms with Crippen molar-refractivity contribution >= 4 is 5.91 Å². The van der Waals surface area contributed by atoms with Gasteiger partial charge in [0.1, 0.15) is 0 Å². The molecule has 1 aromatic rings. The summed E-state index contributed by atoms with van der Waals surface area (Å²) >= 11 is 0. The summed E-state index contributed by atoms with van der Waals surface area (Å²) in [6.07, 6.45) is 8.66. The van der Waals surface area contributed by atoms with Gasteiger partial charge in [-0.3, -0.25) is 9.78 Å². The van der Waals surface area contributed by atoms with Crippen LogP contribution in [0.2, 0.25) is 0 Å². The van der Waals surface area contributed by atoms with Gasteiger partial charge in [0.2, 0.25) is 5.91 Å². The van der Waals surface area contributed by atoms with E-state index in [0.29, 0.717) is 0 Å². The second kappa shape index (κ2) is 5.80. The highest BCUT2D eigenvalue weighted by atomic mass is 16.2. The van der Waals surface area contributed by atoms with Crippen LogP contribution in [0.3, 0.4) is 0 Å². The van der Waals surface area contributed by atoms with E-state index in [-0.39, 0.29) is 11.9 Å². The molecule has 1 aliphatic heterocycles. The van der Waals surface area contributed by atoms with Crippen molar-refractivity contribution in [2.24, 2.45) is 0 Å². The first-order valence-corrected chi connectivity index (χ1v) is 6.61. The van der Waals surface area contributed by atoms with Crippen LogP contribution in [0.4, 0.5) is 0 Å². The van der Waals surface area contributed by atoms with Crippen molar-refractivity contribution in [3.05, 3.63) is 41.7 Å². The number of rotatable bonds is 3. The van der Waals surface area contributed by atoms with Crippen LogP contribution in [0.15, 0.2) is 36.2 Å². The standard InChI is InChI=1S/C15H20N2O/c1-3-6-12(2)15(18)17-10-5-8-14(17)13-7-4-9-16-11-13/h4,6-7,9,11,14H,3,5,8,10H2,1-2H3/b12-6-/t14-/m0/s1. The fraction of sp³-hybridized carbons (Fsp3) is 0.467. The third-order valence-electron chi connectivity index (χ3n) is 3.43. The Balaban J connectivity index is 2.18.